The Hall–Kier alpha value is -3.73. The topological polar surface area (TPSA) is 61.8 Å². The molecule has 0 atom stereocenters. The molecule has 31 heavy (non-hydrogen) atoms. The molecule has 156 valence electrons. The van der Waals surface area contributed by atoms with Gasteiger partial charge in [-0.25, -0.2) is 0 Å². The van der Waals surface area contributed by atoms with Gasteiger partial charge < -0.3 is 10.2 Å². The monoisotopic (exact) mass is 411 g/mol. The highest BCUT2D eigenvalue weighted by atomic mass is 16.2. The number of para-hydroxylation sites is 3. The highest BCUT2D eigenvalue weighted by Gasteiger charge is 2.26. The summed E-state index contributed by atoms with van der Waals surface area (Å²) in [7, 11) is 0. The molecule has 5 nitrogen and oxygen atoms in total. The molecule has 1 heterocycles. The van der Waals surface area contributed by atoms with Crippen molar-refractivity contribution < 1.29 is 9.59 Å². The minimum absolute atomic E-state index is 0.0696. The molecule has 4 rings (SSSR count). The summed E-state index contributed by atoms with van der Waals surface area (Å²) in [5.74, 6) is -0.113. The van der Waals surface area contributed by atoms with Crippen LogP contribution in [0.2, 0.25) is 0 Å². The maximum atomic E-state index is 13.2. The summed E-state index contributed by atoms with van der Waals surface area (Å²) in [4.78, 5) is 32.4. The van der Waals surface area contributed by atoms with Crippen LogP contribution in [0.1, 0.15) is 37.3 Å². The summed E-state index contributed by atoms with van der Waals surface area (Å²) >= 11 is 0. The second-order valence-electron chi connectivity index (χ2n) is 7.86. The van der Waals surface area contributed by atoms with Gasteiger partial charge >= 0.3 is 0 Å². The molecule has 1 aliphatic heterocycles. The van der Waals surface area contributed by atoms with Crippen molar-refractivity contribution in [3.63, 3.8) is 0 Å². The number of nitrogens with zero attached hydrogens (tertiary/aromatic N) is 2. The standard InChI is InChI=1S/C26H25N3O2/c1-18(2)20-12-6-7-13-21(20)28-25(30)17-29-24-15-9-8-14-22(24)27-23(16-26(29)31)19-10-4-3-5-11-19/h3-15,18H,16-17H2,1-2H3,(H,28,30). The Balaban J connectivity index is 1.60. The van der Waals surface area contributed by atoms with Crippen molar-refractivity contribution in [2.45, 2.75) is 26.2 Å². The van der Waals surface area contributed by atoms with Gasteiger partial charge in [-0.15, -0.1) is 0 Å². The van der Waals surface area contributed by atoms with Crippen molar-refractivity contribution in [3.8, 4) is 0 Å². The van der Waals surface area contributed by atoms with Crippen LogP contribution in [0.5, 0.6) is 0 Å². The van der Waals surface area contributed by atoms with Crippen molar-refractivity contribution in [2.75, 3.05) is 16.8 Å². The molecule has 2 amide bonds. The zero-order valence-corrected chi connectivity index (χ0v) is 17.7. The number of nitrogens with one attached hydrogen (secondary N) is 1. The lowest BCUT2D eigenvalue weighted by atomic mass is 10.0. The van der Waals surface area contributed by atoms with Crippen molar-refractivity contribution in [3.05, 3.63) is 90.0 Å². The Morgan fingerprint density at radius 1 is 0.968 bits per heavy atom. The maximum absolute atomic E-state index is 13.2. The molecule has 0 saturated heterocycles. The molecular formula is C26H25N3O2. The van der Waals surface area contributed by atoms with E-state index in [9.17, 15) is 9.59 Å². The first-order valence-electron chi connectivity index (χ1n) is 10.4. The van der Waals surface area contributed by atoms with Gasteiger partial charge in [0, 0.05) is 5.69 Å². The number of hydrogen-bond donors (Lipinski definition) is 1. The Kier molecular flexibility index (Phi) is 5.94. The van der Waals surface area contributed by atoms with Gasteiger partial charge in [0.2, 0.25) is 11.8 Å². The number of benzene rings is 3. The summed E-state index contributed by atoms with van der Waals surface area (Å²) < 4.78 is 0. The number of hydrogen-bond acceptors (Lipinski definition) is 3. The van der Waals surface area contributed by atoms with Gasteiger partial charge in [0.15, 0.2) is 0 Å². The van der Waals surface area contributed by atoms with E-state index in [2.05, 4.69) is 19.2 Å². The Bertz CT molecular complexity index is 1140. The lowest BCUT2D eigenvalue weighted by molar-refractivity contribution is -0.120. The zero-order valence-electron chi connectivity index (χ0n) is 17.7. The van der Waals surface area contributed by atoms with Crippen LogP contribution >= 0.6 is 0 Å². The number of carbonyl (C=O) groups excluding carboxylic acids is 2. The van der Waals surface area contributed by atoms with Gasteiger partial charge in [0.05, 0.1) is 23.5 Å². The summed E-state index contributed by atoms with van der Waals surface area (Å²) in [6, 6.07) is 24.9. The van der Waals surface area contributed by atoms with E-state index in [4.69, 9.17) is 4.99 Å². The lowest BCUT2D eigenvalue weighted by Crippen LogP contribution is -2.38. The Morgan fingerprint density at radius 2 is 1.65 bits per heavy atom. The van der Waals surface area contributed by atoms with Crippen LogP contribution < -0.4 is 10.2 Å². The number of carbonyl (C=O) groups is 2. The molecule has 0 bridgehead atoms. The predicted octanol–water partition coefficient (Wildman–Crippen LogP) is 5.31. The number of anilines is 2. The largest absolute Gasteiger partial charge is 0.324 e. The Labute approximate surface area is 182 Å². The minimum Gasteiger partial charge on any atom is -0.324 e. The van der Waals surface area contributed by atoms with Crippen molar-refractivity contribution >= 4 is 34.6 Å². The molecule has 5 heteroatoms. The molecule has 0 spiro atoms. The summed E-state index contributed by atoms with van der Waals surface area (Å²) in [6.07, 6.45) is 0.133. The fourth-order valence-corrected chi connectivity index (χ4v) is 3.76. The van der Waals surface area contributed by atoms with E-state index >= 15 is 0 Å². The third kappa shape index (κ3) is 4.56. The van der Waals surface area contributed by atoms with E-state index in [1.54, 1.807) is 0 Å². The highest BCUT2D eigenvalue weighted by Crippen LogP contribution is 2.33. The van der Waals surface area contributed by atoms with E-state index in [1.165, 1.54) is 4.90 Å². The van der Waals surface area contributed by atoms with Gasteiger partial charge in [-0.05, 0) is 35.2 Å². The van der Waals surface area contributed by atoms with Gasteiger partial charge in [-0.3, -0.25) is 14.6 Å². The average molecular weight is 412 g/mol. The van der Waals surface area contributed by atoms with Gasteiger partial charge in [-0.2, -0.15) is 0 Å². The van der Waals surface area contributed by atoms with Gasteiger partial charge in [-0.1, -0.05) is 74.5 Å². The first kappa shape index (κ1) is 20.5. The van der Waals surface area contributed by atoms with Crippen LogP contribution in [0.15, 0.2) is 83.9 Å². The molecule has 0 fully saturated rings. The van der Waals surface area contributed by atoms with Crippen molar-refractivity contribution in [2.24, 2.45) is 4.99 Å². The molecule has 1 aliphatic rings. The van der Waals surface area contributed by atoms with Crippen LogP contribution in [0.4, 0.5) is 17.1 Å². The van der Waals surface area contributed by atoms with E-state index in [1.807, 2.05) is 78.9 Å². The SMILES string of the molecule is CC(C)c1ccccc1NC(=O)CN1C(=O)CC(c2ccccc2)=Nc2ccccc21. The van der Waals surface area contributed by atoms with Crippen LogP contribution in [0.25, 0.3) is 0 Å². The first-order chi connectivity index (χ1) is 15.0. The number of amides is 2. The number of rotatable bonds is 5. The Morgan fingerprint density at radius 3 is 2.42 bits per heavy atom. The van der Waals surface area contributed by atoms with E-state index in [0.29, 0.717) is 17.1 Å². The zero-order chi connectivity index (χ0) is 21.8. The molecule has 0 aromatic heterocycles. The minimum atomic E-state index is -0.237. The van der Waals surface area contributed by atoms with Gasteiger partial charge in [0.1, 0.15) is 6.54 Å². The molecule has 0 aliphatic carbocycles. The molecule has 3 aromatic rings. The smallest absolute Gasteiger partial charge is 0.244 e. The summed E-state index contributed by atoms with van der Waals surface area (Å²) in [5.41, 5.74) is 4.77. The third-order valence-electron chi connectivity index (χ3n) is 5.31. The molecule has 0 saturated carbocycles. The fraction of sp³-hybridized carbons (Fsp3) is 0.192. The summed E-state index contributed by atoms with van der Waals surface area (Å²) in [6.45, 7) is 4.10. The predicted molar refractivity (Wildman–Crippen MR) is 125 cm³/mol. The first-order valence-corrected chi connectivity index (χ1v) is 10.4. The quantitative estimate of drug-likeness (QED) is 0.619. The van der Waals surface area contributed by atoms with Crippen molar-refractivity contribution in [1.82, 2.24) is 0 Å². The molecular weight excluding hydrogens is 386 g/mol. The van der Waals surface area contributed by atoms with Gasteiger partial charge in [0.25, 0.3) is 0 Å². The second kappa shape index (κ2) is 8.96. The fourth-order valence-electron chi connectivity index (χ4n) is 3.76. The van der Waals surface area contributed by atoms with Crippen molar-refractivity contribution in [1.29, 1.82) is 0 Å². The number of aliphatic imine (C=N–C) groups is 1. The molecule has 0 radical (unpaired) electrons. The summed E-state index contributed by atoms with van der Waals surface area (Å²) in [5, 5.41) is 2.98. The molecule has 1 N–H and O–H groups in total. The van der Waals surface area contributed by atoms with Crippen LogP contribution in [-0.2, 0) is 9.59 Å². The van der Waals surface area contributed by atoms with E-state index < -0.39 is 0 Å². The normalized spacial score (nSPS) is 13.5. The molecule has 3 aromatic carbocycles. The molecule has 0 unspecified atom stereocenters. The second-order valence-corrected chi connectivity index (χ2v) is 7.86. The van der Waals surface area contributed by atoms with Crippen LogP contribution in [-0.4, -0.2) is 24.1 Å². The number of fused-ring (bicyclic) bond motifs is 1. The van der Waals surface area contributed by atoms with E-state index in [0.717, 1.165) is 16.8 Å². The third-order valence-corrected chi connectivity index (χ3v) is 5.31. The van der Waals surface area contributed by atoms with E-state index in [-0.39, 0.29) is 30.7 Å². The van der Waals surface area contributed by atoms with Crippen LogP contribution in [0, 0.1) is 0 Å². The maximum Gasteiger partial charge on any atom is 0.244 e. The van der Waals surface area contributed by atoms with Crippen LogP contribution in [0.3, 0.4) is 0 Å². The lowest BCUT2D eigenvalue weighted by Gasteiger charge is -2.22. The highest BCUT2D eigenvalue weighted by molar-refractivity contribution is 6.19. The average Bonchev–Trinajstić information content (AvgIpc) is 2.91.